The van der Waals surface area contributed by atoms with E-state index in [1.54, 1.807) is 12.1 Å². The molecule has 0 aromatic carbocycles. The first-order valence-corrected chi connectivity index (χ1v) is 4.49. The van der Waals surface area contributed by atoms with E-state index in [1.807, 2.05) is 13.0 Å². The van der Waals surface area contributed by atoms with Crippen LogP contribution in [0.1, 0.15) is 26.0 Å². The summed E-state index contributed by atoms with van der Waals surface area (Å²) in [5.74, 6) is 0.584. The van der Waals surface area contributed by atoms with E-state index in [-0.39, 0.29) is 12.7 Å². The maximum absolute atomic E-state index is 8.84. The minimum atomic E-state index is -0.0439. The molecule has 0 saturated carbocycles. The van der Waals surface area contributed by atoms with E-state index in [2.05, 4.69) is 11.9 Å². The van der Waals surface area contributed by atoms with Gasteiger partial charge in [-0.2, -0.15) is 0 Å². The van der Waals surface area contributed by atoms with Crippen LogP contribution in [-0.2, 0) is 6.61 Å². The molecule has 0 saturated heterocycles. The lowest BCUT2D eigenvalue weighted by atomic mass is 10.3. The van der Waals surface area contributed by atoms with Crippen LogP contribution >= 0.6 is 0 Å². The summed E-state index contributed by atoms with van der Waals surface area (Å²) in [5, 5.41) is 8.84. The van der Waals surface area contributed by atoms with Gasteiger partial charge in [-0.25, -0.2) is 4.98 Å². The Labute approximate surface area is 78.4 Å². The third-order valence-electron chi connectivity index (χ3n) is 1.84. The van der Waals surface area contributed by atoms with Gasteiger partial charge < -0.3 is 9.84 Å². The number of pyridine rings is 1. The van der Waals surface area contributed by atoms with Gasteiger partial charge >= 0.3 is 0 Å². The van der Waals surface area contributed by atoms with Crippen LogP contribution < -0.4 is 4.74 Å². The summed E-state index contributed by atoms with van der Waals surface area (Å²) in [6.07, 6.45) is 1.12. The van der Waals surface area contributed by atoms with Crippen molar-refractivity contribution in [1.82, 2.24) is 4.98 Å². The molecule has 13 heavy (non-hydrogen) atoms. The lowest BCUT2D eigenvalue weighted by Gasteiger charge is -2.11. The van der Waals surface area contributed by atoms with Gasteiger partial charge in [0.2, 0.25) is 5.88 Å². The van der Waals surface area contributed by atoms with E-state index in [0.29, 0.717) is 11.6 Å². The molecule has 0 amide bonds. The molecule has 3 heteroatoms. The number of nitrogens with zero attached hydrogens (tertiary/aromatic N) is 1. The molecule has 1 unspecified atom stereocenters. The lowest BCUT2D eigenvalue weighted by Crippen LogP contribution is -2.11. The van der Waals surface area contributed by atoms with E-state index < -0.39 is 0 Å². The Bertz CT molecular complexity index is 263. The fourth-order valence-electron chi connectivity index (χ4n) is 0.901. The molecule has 1 aromatic rings. The van der Waals surface area contributed by atoms with Crippen LogP contribution in [-0.4, -0.2) is 16.2 Å². The minimum absolute atomic E-state index is 0.0439. The number of rotatable bonds is 4. The second-order valence-corrected chi connectivity index (χ2v) is 2.96. The summed E-state index contributed by atoms with van der Waals surface area (Å²) >= 11 is 0. The van der Waals surface area contributed by atoms with Gasteiger partial charge in [0.05, 0.1) is 18.4 Å². The summed E-state index contributed by atoms with van der Waals surface area (Å²) in [6.45, 7) is 4.01. The molecule has 1 N–H and O–H groups in total. The van der Waals surface area contributed by atoms with Gasteiger partial charge in [-0.05, 0) is 19.4 Å². The quantitative estimate of drug-likeness (QED) is 0.769. The molecule has 0 spiro atoms. The maximum atomic E-state index is 8.84. The molecule has 1 heterocycles. The van der Waals surface area contributed by atoms with Crippen molar-refractivity contribution >= 4 is 0 Å². The van der Waals surface area contributed by atoms with Crippen molar-refractivity contribution < 1.29 is 9.84 Å². The highest BCUT2D eigenvalue weighted by molar-refractivity contribution is 5.15. The molecule has 0 radical (unpaired) electrons. The van der Waals surface area contributed by atoms with Gasteiger partial charge in [-0.3, -0.25) is 0 Å². The van der Waals surface area contributed by atoms with E-state index in [9.17, 15) is 0 Å². The Balaban J connectivity index is 2.66. The Morgan fingerprint density at radius 1 is 1.54 bits per heavy atom. The Hall–Kier alpha value is -1.09. The lowest BCUT2D eigenvalue weighted by molar-refractivity contribution is 0.205. The van der Waals surface area contributed by atoms with Crippen LogP contribution in [0.3, 0.4) is 0 Å². The van der Waals surface area contributed by atoms with Crippen LogP contribution in [0, 0.1) is 0 Å². The van der Waals surface area contributed by atoms with Gasteiger partial charge in [-0.15, -0.1) is 0 Å². The highest BCUT2D eigenvalue weighted by Gasteiger charge is 2.02. The van der Waals surface area contributed by atoms with Crippen molar-refractivity contribution in [1.29, 1.82) is 0 Å². The average Bonchev–Trinajstić information content (AvgIpc) is 2.18. The van der Waals surface area contributed by atoms with E-state index in [1.165, 1.54) is 0 Å². The number of hydrogen-bond acceptors (Lipinski definition) is 3. The van der Waals surface area contributed by atoms with Crippen molar-refractivity contribution in [2.75, 3.05) is 0 Å². The second kappa shape index (κ2) is 4.82. The molecule has 1 rings (SSSR count). The molecule has 0 aliphatic heterocycles. The fraction of sp³-hybridized carbons (Fsp3) is 0.500. The van der Waals surface area contributed by atoms with Crippen LogP contribution in [0.5, 0.6) is 5.88 Å². The number of ether oxygens (including phenoxy) is 1. The predicted octanol–water partition coefficient (Wildman–Crippen LogP) is 1.75. The van der Waals surface area contributed by atoms with Crippen molar-refractivity contribution in [3.63, 3.8) is 0 Å². The molecule has 0 bridgehead atoms. The zero-order valence-corrected chi connectivity index (χ0v) is 8.03. The van der Waals surface area contributed by atoms with Gasteiger partial charge in [0, 0.05) is 6.07 Å². The van der Waals surface area contributed by atoms with E-state index in [4.69, 9.17) is 9.84 Å². The average molecular weight is 181 g/mol. The molecule has 1 aromatic heterocycles. The molecule has 0 fully saturated rings. The third-order valence-corrected chi connectivity index (χ3v) is 1.84. The van der Waals surface area contributed by atoms with Gasteiger partial charge in [0.15, 0.2) is 0 Å². The number of hydrogen-bond donors (Lipinski definition) is 1. The summed E-state index contributed by atoms with van der Waals surface area (Å²) in [6, 6.07) is 5.39. The zero-order valence-electron chi connectivity index (χ0n) is 8.03. The van der Waals surface area contributed by atoms with Gasteiger partial charge in [0.25, 0.3) is 0 Å². The van der Waals surface area contributed by atoms with E-state index >= 15 is 0 Å². The number of aliphatic hydroxyl groups is 1. The SMILES string of the molecule is CCC(C)Oc1cccc(CO)n1. The van der Waals surface area contributed by atoms with Crippen molar-refractivity contribution in [3.05, 3.63) is 23.9 Å². The van der Waals surface area contributed by atoms with Crippen LogP contribution in [0.4, 0.5) is 0 Å². The smallest absolute Gasteiger partial charge is 0.213 e. The summed E-state index contributed by atoms with van der Waals surface area (Å²) in [4.78, 5) is 4.11. The summed E-state index contributed by atoms with van der Waals surface area (Å²) < 4.78 is 5.48. The largest absolute Gasteiger partial charge is 0.475 e. The predicted molar refractivity (Wildman–Crippen MR) is 50.5 cm³/mol. The second-order valence-electron chi connectivity index (χ2n) is 2.96. The Morgan fingerprint density at radius 2 is 2.31 bits per heavy atom. The first-order chi connectivity index (χ1) is 6.26. The highest BCUT2D eigenvalue weighted by Crippen LogP contribution is 2.10. The summed E-state index contributed by atoms with van der Waals surface area (Å²) in [5.41, 5.74) is 0.640. The zero-order chi connectivity index (χ0) is 9.68. The number of aliphatic hydroxyl groups excluding tert-OH is 1. The monoisotopic (exact) mass is 181 g/mol. The fourth-order valence-corrected chi connectivity index (χ4v) is 0.901. The van der Waals surface area contributed by atoms with Crippen LogP contribution in [0.15, 0.2) is 18.2 Å². The molecular weight excluding hydrogens is 166 g/mol. The van der Waals surface area contributed by atoms with Crippen LogP contribution in [0.2, 0.25) is 0 Å². The normalized spacial score (nSPS) is 12.5. The Kier molecular flexibility index (Phi) is 3.71. The highest BCUT2D eigenvalue weighted by atomic mass is 16.5. The van der Waals surface area contributed by atoms with Gasteiger partial charge in [-0.1, -0.05) is 13.0 Å². The molecular formula is C10H15NO2. The van der Waals surface area contributed by atoms with Crippen molar-refractivity contribution in [2.45, 2.75) is 33.0 Å². The molecule has 3 nitrogen and oxygen atoms in total. The molecule has 0 aliphatic carbocycles. The van der Waals surface area contributed by atoms with E-state index in [0.717, 1.165) is 6.42 Å². The van der Waals surface area contributed by atoms with Crippen molar-refractivity contribution in [2.24, 2.45) is 0 Å². The topological polar surface area (TPSA) is 42.4 Å². The molecule has 0 aliphatic rings. The third kappa shape index (κ3) is 3.03. The number of aromatic nitrogens is 1. The van der Waals surface area contributed by atoms with Gasteiger partial charge in [0.1, 0.15) is 0 Å². The van der Waals surface area contributed by atoms with Crippen molar-refractivity contribution in [3.8, 4) is 5.88 Å². The first-order valence-electron chi connectivity index (χ1n) is 4.49. The maximum Gasteiger partial charge on any atom is 0.213 e. The standard InChI is InChI=1S/C10H15NO2/c1-3-8(2)13-10-6-4-5-9(7-12)11-10/h4-6,8,12H,3,7H2,1-2H3. The minimum Gasteiger partial charge on any atom is -0.475 e. The first kappa shape index (κ1) is 9.99. The van der Waals surface area contributed by atoms with Crippen LogP contribution in [0.25, 0.3) is 0 Å². The Morgan fingerprint density at radius 3 is 2.92 bits per heavy atom. The molecule has 72 valence electrons. The molecule has 1 atom stereocenters. The summed E-state index contributed by atoms with van der Waals surface area (Å²) in [7, 11) is 0.